The molecule has 2 aromatic rings. The second-order valence-corrected chi connectivity index (χ2v) is 3.89. The van der Waals surface area contributed by atoms with Crippen molar-refractivity contribution in [3.63, 3.8) is 0 Å². The molecule has 0 bridgehead atoms. The molecule has 7 heteroatoms. The van der Waals surface area contributed by atoms with Crippen molar-refractivity contribution in [2.24, 2.45) is 0 Å². The van der Waals surface area contributed by atoms with E-state index < -0.39 is 11.9 Å². The molecule has 0 N–H and O–H groups in total. The fourth-order valence-corrected chi connectivity index (χ4v) is 1.56. The maximum Gasteiger partial charge on any atom is 0.433 e. The third kappa shape index (κ3) is 2.38. The smallest absolute Gasteiger partial charge is 0.296 e. The first-order chi connectivity index (χ1) is 8.41. The van der Waals surface area contributed by atoms with Crippen LogP contribution in [0, 0.1) is 0 Å². The number of rotatable bonds is 2. The Labute approximate surface area is 105 Å². The average molecular weight is 275 g/mol. The predicted molar refractivity (Wildman–Crippen MR) is 59.0 cm³/mol. The lowest BCUT2D eigenvalue weighted by Gasteiger charge is -2.09. The molecule has 1 heterocycles. The summed E-state index contributed by atoms with van der Waals surface area (Å²) in [5.41, 5.74) is -1.11. The van der Waals surface area contributed by atoms with Gasteiger partial charge in [0.05, 0.1) is 5.69 Å². The zero-order valence-corrected chi connectivity index (χ0v) is 9.53. The Morgan fingerprint density at radius 1 is 1.22 bits per heavy atom. The van der Waals surface area contributed by atoms with Gasteiger partial charge in [-0.2, -0.15) is 18.3 Å². The molecule has 0 saturated heterocycles. The van der Waals surface area contributed by atoms with E-state index in [1.54, 1.807) is 0 Å². The SMILES string of the molecule is O=Cc1cc(C(F)(F)F)n(-c2ccc(Cl)cc2)n1. The van der Waals surface area contributed by atoms with E-state index in [2.05, 4.69) is 5.10 Å². The van der Waals surface area contributed by atoms with Crippen LogP contribution < -0.4 is 0 Å². The molecule has 18 heavy (non-hydrogen) atoms. The van der Waals surface area contributed by atoms with Crippen molar-refractivity contribution in [2.45, 2.75) is 6.18 Å². The Kier molecular flexibility index (Phi) is 3.13. The Balaban J connectivity index is 2.59. The van der Waals surface area contributed by atoms with E-state index >= 15 is 0 Å². The molecule has 0 amide bonds. The normalized spacial score (nSPS) is 11.6. The van der Waals surface area contributed by atoms with E-state index in [-0.39, 0.29) is 17.7 Å². The highest BCUT2D eigenvalue weighted by Crippen LogP contribution is 2.31. The third-order valence-corrected chi connectivity index (χ3v) is 2.46. The molecular formula is C11H6ClF3N2O. The first-order valence-electron chi connectivity index (χ1n) is 4.80. The number of hydrogen-bond acceptors (Lipinski definition) is 2. The molecule has 1 aromatic carbocycles. The summed E-state index contributed by atoms with van der Waals surface area (Å²) >= 11 is 5.65. The molecule has 1 aromatic heterocycles. The standard InChI is InChI=1S/C11H6ClF3N2O/c12-7-1-3-9(4-2-7)17-10(11(13,14)15)5-8(6-18)16-17/h1-6H. The van der Waals surface area contributed by atoms with Gasteiger partial charge in [-0.3, -0.25) is 4.79 Å². The zero-order valence-electron chi connectivity index (χ0n) is 8.78. The number of nitrogens with zero attached hydrogens (tertiary/aromatic N) is 2. The minimum absolute atomic E-state index is 0.180. The number of alkyl halides is 3. The van der Waals surface area contributed by atoms with Gasteiger partial charge in [-0.25, -0.2) is 4.68 Å². The average Bonchev–Trinajstić information content (AvgIpc) is 2.74. The minimum atomic E-state index is -4.59. The Morgan fingerprint density at radius 3 is 2.33 bits per heavy atom. The van der Waals surface area contributed by atoms with E-state index in [1.807, 2.05) is 0 Å². The molecule has 0 aliphatic carbocycles. The van der Waals surface area contributed by atoms with Crippen molar-refractivity contribution in [3.8, 4) is 5.69 Å². The molecule has 0 aliphatic heterocycles. The van der Waals surface area contributed by atoms with Gasteiger partial charge in [0.25, 0.3) is 0 Å². The number of carbonyl (C=O) groups excluding carboxylic acids is 1. The summed E-state index contributed by atoms with van der Waals surface area (Å²) in [5, 5.41) is 3.98. The van der Waals surface area contributed by atoms with Gasteiger partial charge in [0, 0.05) is 5.02 Å². The molecular weight excluding hydrogens is 269 g/mol. The van der Waals surface area contributed by atoms with Crippen LogP contribution in [0.2, 0.25) is 5.02 Å². The third-order valence-electron chi connectivity index (χ3n) is 2.21. The van der Waals surface area contributed by atoms with Crippen molar-refractivity contribution < 1.29 is 18.0 Å². The summed E-state index contributed by atoms with van der Waals surface area (Å²) in [4.78, 5) is 10.5. The largest absolute Gasteiger partial charge is 0.433 e. The monoisotopic (exact) mass is 274 g/mol. The fraction of sp³-hybridized carbons (Fsp3) is 0.0909. The second-order valence-electron chi connectivity index (χ2n) is 3.46. The fourth-order valence-electron chi connectivity index (χ4n) is 1.44. The van der Waals surface area contributed by atoms with Crippen molar-refractivity contribution in [1.82, 2.24) is 9.78 Å². The van der Waals surface area contributed by atoms with Crippen LogP contribution in [-0.4, -0.2) is 16.1 Å². The highest BCUT2D eigenvalue weighted by Gasteiger charge is 2.36. The highest BCUT2D eigenvalue weighted by atomic mass is 35.5. The lowest BCUT2D eigenvalue weighted by Crippen LogP contribution is -2.13. The molecule has 2 rings (SSSR count). The highest BCUT2D eigenvalue weighted by molar-refractivity contribution is 6.30. The number of carbonyl (C=O) groups is 1. The van der Waals surface area contributed by atoms with Gasteiger partial charge < -0.3 is 0 Å². The summed E-state index contributed by atoms with van der Waals surface area (Å²) in [7, 11) is 0. The summed E-state index contributed by atoms with van der Waals surface area (Å²) < 4.78 is 38.9. The van der Waals surface area contributed by atoms with Crippen LogP contribution in [0.15, 0.2) is 30.3 Å². The Hall–Kier alpha value is -1.82. The molecule has 0 radical (unpaired) electrons. The van der Waals surface area contributed by atoms with Gasteiger partial charge in [-0.05, 0) is 30.3 Å². The van der Waals surface area contributed by atoms with Crippen molar-refractivity contribution in [1.29, 1.82) is 0 Å². The molecule has 0 saturated carbocycles. The molecule has 0 spiro atoms. The molecule has 3 nitrogen and oxygen atoms in total. The molecule has 0 atom stereocenters. The van der Waals surface area contributed by atoms with Crippen LogP contribution in [0.4, 0.5) is 13.2 Å². The maximum absolute atomic E-state index is 12.8. The predicted octanol–water partition coefficient (Wildman–Crippen LogP) is 3.36. The van der Waals surface area contributed by atoms with Crippen molar-refractivity contribution in [3.05, 3.63) is 46.7 Å². The van der Waals surface area contributed by atoms with E-state index in [1.165, 1.54) is 24.3 Å². The van der Waals surface area contributed by atoms with Crippen LogP contribution in [0.1, 0.15) is 16.2 Å². The van der Waals surface area contributed by atoms with Gasteiger partial charge in [0.15, 0.2) is 6.29 Å². The van der Waals surface area contributed by atoms with E-state index in [4.69, 9.17) is 11.6 Å². The van der Waals surface area contributed by atoms with Crippen molar-refractivity contribution >= 4 is 17.9 Å². The van der Waals surface area contributed by atoms with Gasteiger partial charge in [0.1, 0.15) is 11.4 Å². The summed E-state index contributed by atoms with van der Waals surface area (Å²) in [6, 6.07) is 6.36. The Morgan fingerprint density at radius 2 is 1.83 bits per heavy atom. The number of aromatic nitrogens is 2. The van der Waals surface area contributed by atoms with Crippen LogP contribution in [0.3, 0.4) is 0 Å². The number of benzene rings is 1. The topological polar surface area (TPSA) is 34.9 Å². The van der Waals surface area contributed by atoms with Crippen molar-refractivity contribution in [2.75, 3.05) is 0 Å². The summed E-state index contributed by atoms with van der Waals surface area (Å²) in [6.45, 7) is 0. The molecule has 0 unspecified atom stereocenters. The minimum Gasteiger partial charge on any atom is -0.296 e. The number of halogens is 4. The number of hydrogen-bond donors (Lipinski definition) is 0. The van der Waals surface area contributed by atoms with Gasteiger partial charge >= 0.3 is 6.18 Å². The first kappa shape index (κ1) is 12.6. The van der Waals surface area contributed by atoms with Crippen LogP contribution in [0.5, 0.6) is 0 Å². The summed E-state index contributed by atoms with van der Waals surface area (Å²) in [5.74, 6) is 0. The molecule has 94 valence electrons. The lowest BCUT2D eigenvalue weighted by atomic mass is 10.3. The van der Waals surface area contributed by atoms with E-state index in [0.717, 1.165) is 0 Å². The van der Waals surface area contributed by atoms with Crippen LogP contribution in [-0.2, 0) is 6.18 Å². The maximum atomic E-state index is 12.8. The number of aldehydes is 1. The van der Waals surface area contributed by atoms with E-state index in [9.17, 15) is 18.0 Å². The van der Waals surface area contributed by atoms with Crippen LogP contribution in [0.25, 0.3) is 5.69 Å². The van der Waals surface area contributed by atoms with Gasteiger partial charge in [-0.1, -0.05) is 11.6 Å². The second kappa shape index (κ2) is 4.45. The van der Waals surface area contributed by atoms with E-state index in [0.29, 0.717) is 15.8 Å². The summed E-state index contributed by atoms with van der Waals surface area (Å²) in [6.07, 6.45) is -4.32. The Bertz CT molecular complexity index is 575. The van der Waals surface area contributed by atoms with Gasteiger partial charge in [-0.15, -0.1) is 0 Å². The van der Waals surface area contributed by atoms with Gasteiger partial charge in [0.2, 0.25) is 0 Å². The molecule has 0 aliphatic rings. The lowest BCUT2D eigenvalue weighted by molar-refractivity contribution is -0.142. The van der Waals surface area contributed by atoms with Crippen LogP contribution >= 0.6 is 11.6 Å². The molecule has 0 fully saturated rings. The first-order valence-corrected chi connectivity index (χ1v) is 5.18. The quantitative estimate of drug-likeness (QED) is 0.787. The zero-order chi connectivity index (χ0) is 13.3.